The summed E-state index contributed by atoms with van der Waals surface area (Å²) >= 11 is 0. The normalized spacial score (nSPS) is 10.9. The molecule has 2 rings (SSSR count). The van der Waals surface area contributed by atoms with Crippen LogP contribution in [0.15, 0.2) is 24.3 Å². The molecule has 4 heteroatoms. The third-order valence-electron chi connectivity index (χ3n) is 3.25. The summed E-state index contributed by atoms with van der Waals surface area (Å²) in [6, 6.07) is 7.15. The summed E-state index contributed by atoms with van der Waals surface area (Å²) in [5.74, 6) is -0.244. The summed E-state index contributed by atoms with van der Waals surface area (Å²) in [7, 11) is 0. The van der Waals surface area contributed by atoms with Gasteiger partial charge in [0.15, 0.2) is 0 Å². The van der Waals surface area contributed by atoms with Crippen LogP contribution in [0.25, 0.3) is 5.69 Å². The van der Waals surface area contributed by atoms with E-state index in [1.54, 1.807) is 10.7 Å². The monoisotopic (exact) mass is 261 g/mol. The van der Waals surface area contributed by atoms with Crippen molar-refractivity contribution in [3.05, 3.63) is 47.0 Å². The first kappa shape index (κ1) is 13.7. The molecular weight excluding hydrogens is 241 g/mol. The van der Waals surface area contributed by atoms with Crippen LogP contribution in [0.5, 0.6) is 0 Å². The van der Waals surface area contributed by atoms with Gasteiger partial charge in [-0.25, -0.2) is 9.07 Å². The van der Waals surface area contributed by atoms with Crippen molar-refractivity contribution in [2.24, 2.45) is 5.73 Å². The van der Waals surface area contributed by atoms with E-state index in [1.807, 2.05) is 19.1 Å². The van der Waals surface area contributed by atoms with Gasteiger partial charge in [0, 0.05) is 5.69 Å². The number of para-hydroxylation sites is 1. The molecule has 0 saturated heterocycles. The van der Waals surface area contributed by atoms with Crippen molar-refractivity contribution in [1.82, 2.24) is 9.78 Å². The Labute approximate surface area is 113 Å². The van der Waals surface area contributed by atoms with Crippen LogP contribution in [0.1, 0.15) is 30.8 Å². The van der Waals surface area contributed by atoms with Crippen molar-refractivity contribution < 1.29 is 4.39 Å². The lowest BCUT2D eigenvalue weighted by Gasteiger charge is -2.12. The lowest BCUT2D eigenvalue weighted by Crippen LogP contribution is -2.11. The first-order valence-corrected chi connectivity index (χ1v) is 6.76. The van der Waals surface area contributed by atoms with Crippen molar-refractivity contribution in [1.29, 1.82) is 0 Å². The Hall–Kier alpha value is -1.68. The molecule has 0 bridgehead atoms. The van der Waals surface area contributed by atoms with Crippen molar-refractivity contribution in [2.75, 3.05) is 6.54 Å². The Kier molecular flexibility index (Phi) is 4.32. The molecule has 2 aromatic rings. The molecule has 0 saturated carbocycles. The molecule has 0 fully saturated rings. The molecule has 0 aliphatic rings. The van der Waals surface area contributed by atoms with Crippen LogP contribution in [0.2, 0.25) is 0 Å². The van der Waals surface area contributed by atoms with Gasteiger partial charge in [-0.3, -0.25) is 0 Å². The second-order valence-corrected chi connectivity index (χ2v) is 4.53. The zero-order valence-electron chi connectivity index (χ0n) is 11.5. The fourth-order valence-corrected chi connectivity index (χ4v) is 2.25. The number of halogens is 1. The maximum Gasteiger partial charge on any atom is 0.149 e. The number of hydrogen-bond donors (Lipinski definition) is 1. The van der Waals surface area contributed by atoms with Gasteiger partial charge in [0.2, 0.25) is 0 Å². The lowest BCUT2D eigenvalue weighted by molar-refractivity contribution is 0.601. The first-order valence-electron chi connectivity index (χ1n) is 6.76. The van der Waals surface area contributed by atoms with Crippen LogP contribution >= 0.6 is 0 Å². The summed E-state index contributed by atoms with van der Waals surface area (Å²) in [5, 5.41) is 4.51. The zero-order chi connectivity index (χ0) is 13.8. The average Bonchev–Trinajstić information content (AvgIpc) is 2.82. The molecule has 0 atom stereocenters. The van der Waals surface area contributed by atoms with Crippen LogP contribution in [0, 0.1) is 5.82 Å². The average molecular weight is 261 g/mol. The van der Waals surface area contributed by atoms with Gasteiger partial charge < -0.3 is 5.73 Å². The molecule has 0 unspecified atom stereocenters. The maximum atomic E-state index is 14.2. The number of rotatable bonds is 5. The smallest absolute Gasteiger partial charge is 0.149 e. The molecule has 3 nitrogen and oxygen atoms in total. The number of nitrogens with two attached hydrogens (primary N) is 1. The highest BCUT2D eigenvalue weighted by atomic mass is 19.1. The fourth-order valence-electron chi connectivity index (χ4n) is 2.25. The largest absolute Gasteiger partial charge is 0.330 e. The van der Waals surface area contributed by atoms with E-state index < -0.39 is 0 Å². The van der Waals surface area contributed by atoms with Crippen molar-refractivity contribution in [3.63, 3.8) is 0 Å². The number of aryl methyl sites for hydroxylation is 2. The number of aromatic nitrogens is 2. The molecule has 1 heterocycles. The molecule has 2 N–H and O–H groups in total. The van der Waals surface area contributed by atoms with Gasteiger partial charge in [0.25, 0.3) is 0 Å². The third kappa shape index (κ3) is 2.68. The minimum Gasteiger partial charge on any atom is -0.330 e. The summed E-state index contributed by atoms with van der Waals surface area (Å²) in [5.41, 5.74) is 9.07. The van der Waals surface area contributed by atoms with Crippen LogP contribution in [0.3, 0.4) is 0 Å². The van der Waals surface area contributed by atoms with E-state index in [0.29, 0.717) is 18.7 Å². The minimum atomic E-state index is -0.244. The van der Waals surface area contributed by atoms with Crippen molar-refractivity contribution in [2.45, 2.75) is 33.1 Å². The minimum absolute atomic E-state index is 0.244. The summed E-state index contributed by atoms with van der Waals surface area (Å²) in [4.78, 5) is 0. The molecule has 0 aliphatic carbocycles. The molecule has 0 spiro atoms. The Morgan fingerprint density at radius 2 is 2.05 bits per heavy atom. The second-order valence-electron chi connectivity index (χ2n) is 4.53. The Morgan fingerprint density at radius 3 is 2.68 bits per heavy atom. The van der Waals surface area contributed by atoms with Crippen LogP contribution in [-0.2, 0) is 19.3 Å². The first-order chi connectivity index (χ1) is 9.21. The topological polar surface area (TPSA) is 43.8 Å². The summed E-state index contributed by atoms with van der Waals surface area (Å²) < 4.78 is 15.9. The number of nitrogens with zero attached hydrogens (tertiary/aromatic N) is 2. The summed E-state index contributed by atoms with van der Waals surface area (Å²) in [6.07, 6.45) is 2.32. The van der Waals surface area contributed by atoms with Gasteiger partial charge >= 0.3 is 0 Å². The second kappa shape index (κ2) is 5.97. The molecule has 19 heavy (non-hydrogen) atoms. The van der Waals surface area contributed by atoms with E-state index in [4.69, 9.17) is 5.73 Å². The molecule has 0 aliphatic heterocycles. The molecule has 102 valence electrons. The molecular formula is C15H20FN3. The quantitative estimate of drug-likeness (QED) is 0.899. The predicted octanol–water partition coefficient (Wildman–Crippen LogP) is 2.64. The van der Waals surface area contributed by atoms with Gasteiger partial charge in [0.05, 0.1) is 5.69 Å². The number of hydrogen-bond acceptors (Lipinski definition) is 2. The Morgan fingerprint density at radius 1 is 1.26 bits per heavy atom. The SMILES string of the molecule is CCc1cc(CC)n(-c2c(F)cccc2CCN)n1. The molecule has 1 aromatic carbocycles. The van der Waals surface area contributed by atoms with Gasteiger partial charge in [-0.2, -0.15) is 5.10 Å². The zero-order valence-corrected chi connectivity index (χ0v) is 11.5. The van der Waals surface area contributed by atoms with E-state index in [2.05, 4.69) is 12.0 Å². The van der Waals surface area contributed by atoms with Crippen LogP contribution < -0.4 is 5.73 Å². The third-order valence-corrected chi connectivity index (χ3v) is 3.25. The molecule has 0 amide bonds. The highest BCUT2D eigenvalue weighted by Crippen LogP contribution is 2.22. The Balaban J connectivity index is 2.60. The standard InChI is InChI=1S/C15H20FN3/c1-3-12-10-13(4-2)19(18-12)15-11(8-9-17)6-5-7-14(15)16/h5-7,10H,3-4,8-9,17H2,1-2H3. The van der Waals surface area contributed by atoms with Gasteiger partial charge in [-0.15, -0.1) is 0 Å². The fraction of sp³-hybridized carbons (Fsp3) is 0.400. The van der Waals surface area contributed by atoms with Crippen LogP contribution in [0.4, 0.5) is 4.39 Å². The highest BCUT2D eigenvalue weighted by Gasteiger charge is 2.15. The van der Waals surface area contributed by atoms with Crippen molar-refractivity contribution >= 4 is 0 Å². The summed E-state index contributed by atoms with van der Waals surface area (Å²) in [6.45, 7) is 4.60. The lowest BCUT2D eigenvalue weighted by atomic mass is 10.1. The van der Waals surface area contributed by atoms with Gasteiger partial charge in [-0.05, 0) is 43.5 Å². The Bertz CT molecular complexity index is 561. The van der Waals surface area contributed by atoms with E-state index in [0.717, 1.165) is 29.8 Å². The van der Waals surface area contributed by atoms with Gasteiger partial charge in [-0.1, -0.05) is 26.0 Å². The highest BCUT2D eigenvalue weighted by molar-refractivity contribution is 5.43. The predicted molar refractivity (Wildman–Crippen MR) is 75.0 cm³/mol. The molecule has 0 radical (unpaired) electrons. The van der Waals surface area contributed by atoms with E-state index >= 15 is 0 Å². The van der Waals surface area contributed by atoms with E-state index in [1.165, 1.54) is 6.07 Å². The van der Waals surface area contributed by atoms with Crippen LogP contribution in [-0.4, -0.2) is 16.3 Å². The maximum absolute atomic E-state index is 14.2. The van der Waals surface area contributed by atoms with Crippen molar-refractivity contribution in [3.8, 4) is 5.69 Å². The number of benzene rings is 1. The van der Waals surface area contributed by atoms with E-state index in [-0.39, 0.29) is 5.82 Å². The van der Waals surface area contributed by atoms with E-state index in [9.17, 15) is 4.39 Å². The molecule has 1 aromatic heterocycles. The van der Waals surface area contributed by atoms with Gasteiger partial charge in [0.1, 0.15) is 11.5 Å².